The molecule has 3 aromatic rings. The number of amides is 1. The fourth-order valence-electron chi connectivity index (χ4n) is 3.54. The third kappa shape index (κ3) is 3.99. The summed E-state index contributed by atoms with van der Waals surface area (Å²) in [6, 6.07) is 4.84. The Bertz CT molecular complexity index is 1070. The number of primary amides is 1. The maximum atomic E-state index is 13.0. The summed E-state index contributed by atoms with van der Waals surface area (Å²) in [5, 5.41) is 18.2. The topological polar surface area (TPSA) is 150 Å². The summed E-state index contributed by atoms with van der Waals surface area (Å²) in [6.07, 6.45) is 5.09. The van der Waals surface area contributed by atoms with Gasteiger partial charge in [-0.05, 0) is 25.0 Å². The molecule has 10 nitrogen and oxygen atoms in total. The lowest BCUT2D eigenvalue weighted by molar-refractivity contribution is 0.0573. The van der Waals surface area contributed by atoms with E-state index in [-0.39, 0.29) is 29.5 Å². The summed E-state index contributed by atoms with van der Waals surface area (Å²) in [7, 11) is 0. The van der Waals surface area contributed by atoms with Gasteiger partial charge in [0, 0.05) is 23.7 Å². The molecule has 1 aliphatic carbocycles. The zero-order chi connectivity index (χ0) is 21.3. The van der Waals surface area contributed by atoms with Crippen molar-refractivity contribution in [2.75, 3.05) is 10.6 Å². The van der Waals surface area contributed by atoms with Crippen LogP contribution in [0.4, 0.5) is 26.2 Å². The normalized spacial score (nSPS) is 19.2. The highest BCUT2D eigenvalue weighted by atomic mass is 19.3. The summed E-state index contributed by atoms with van der Waals surface area (Å²) >= 11 is 0. The molecular weight excluding hydrogens is 396 g/mol. The molecule has 2 heterocycles. The van der Waals surface area contributed by atoms with Crippen LogP contribution in [0.5, 0.6) is 0 Å². The first-order valence-corrected chi connectivity index (χ1v) is 9.52. The van der Waals surface area contributed by atoms with Gasteiger partial charge in [0.15, 0.2) is 11.5 Å². The Kier molecular flexibility index (Phi) is 5.40. The summed E-state index contributed by atoms with van der Waals surface area (Å²) in [5.41, 5.74) is 12.2. The summed E-state index contributed by atoms with van der Waals surface area (Å²) < 4.78 is 26.6. The first kappa shape index (κ1) is 19.9. The summed E-state index contributed by atoms with van der Waals surface area (Å²) in [5.74, 6) is -0.573. The van der Waals surface area contributed by atoms with Crippen LogP contribution < -0.4 is 22.1 Å². The molecule has 1 aliphatic rings. The standard InChI is InChI=1S/C18H21F2N9O/c19-17(20)29-8-9-11(6-3-7-12(9)28-29)23-16-14(15(22)30)26-27-18(25-16)24-13-5-2-1-4-10(13)21/h3,6-8,10,13,17H,1-2,4-5,21H2,(H2,22,30)(H2,23,24,25,27)/t10-,13+/m0/s1. The number of rotatable bonds is 6. The van der Waals surface area contributed by atoms with Crippen LogP contribution in [0.2, 0.25) is 0 Å². The molecule has 1 saturated carbocycles. The van der Waals surface area contributed by atoms with Gasteiger partial charge >= 0.3 is 6.55 Å². The van der Waals surface area contributed by atoms with Crippen LogP contribution >= 0.6 is 0 Å². The highest BCUT2D eigenvalue weighted by Crippen LogP contribution is 2.28. The predicted octanol–water partition coefficient (Wildman–Crippen LogP) is 2.14. The second-order valence-corrected chi connectivity index (χ2v) is 7.15. The van der Waals surface area contributed by atoms with Gasteiger partial charge in [0.2, 0.25) is 5.95 Å². The van der Waals surface area contributed by atoms with Crippen LogP contribution in [-0.2, 0) is 0 Å². The molecule has 1 amide bonds. The van der Waals surface area contributed by atoms with Crippen LogP contribution in [0.3, 0.4) is 0 Å². The van der Waals surface area contributed by atoms with Gasteiger partial charge < -0.3 is 22.1 Å². The number of fused-ring (bicyclic) bond motifs is 1. The van der Waals surface area contributed by atoms with E-state index in [0.717, 1.165) is 25.7 Å². The Hall–Kier alpha value is -3.41. The lowest BCUT2D eigenvalue weighted by atomic mass is 9.91. The van der Waals surface area contributed by atoms with Crippen molar-refractivity contribution in [2.24, 2.45) is 11.5 Å². The molecule has 12 heteroatoms. The first-order valence-electron chi connectivity index (χ1n) is 9.52. The van der Waals surface area contributed by atoms with E-state index in [9.17, 15) is 13.6 Å². The Morgan fingerprint density at radius 3 is 2.77 bits per heavy atom. The minimum atomic E-state index is -2.78. The highest BCUT2D eigenvalue weighted by molar-refractivity contribution is 5.98. The summed E-state index contributed by atoms with van der Waals surface area (Å²) in [6.45, 7) is -2.78. The van der Waals surface area contributed by atoms with Crippen LogP contribution in [0, 0.1) is 0 Å². The van der Waals surface area contributed by atoms with E-state index >= 15 is 0 Å². The minimum Gasteiger partial charge on any atom is -0.364 e. The van der Waals surface area contributed by atoms with Gasteiger partial charge in [0.25, 0.3) is 5.91 Å². The van der Waals surface area contributed by atoms with Crippen molar-refractivity contribution >= 4 is 34.3 Å². The Labute approximate surface area is 170 Å². The Balaban J connectivity index is 1.67. The zero-order valence-electron chi connectivity index (χ0n) is 15.9. The molecule has 2 atom stereocenters. The van der Waals surface area contributed by atoms with Gasteiger partial charge in [0.05, 0.1) is 11.2 Å². The molecular formula is C18H21F2N9O. The van der Waals surface area contributed by atoms with E-state index in [0.29, 0.717) is 21.3 Å². The molecule has 0 unspecified atom stereocenters. The van der Waals surface area contributed by atoms with Crippen molar-refractivity contribution < 1.29 is 13.6 Å². The molecule has 0 spiro atoms. The number of carbonyl (C=O) groups excluding carboxylic acids is 1. The number of hydrogen-bond acceptors (Lipinski definition) is 8. The molecule has 6 N–H and O–H groups in total. The third-order valence-electron chi connectivity index (χ3n) is 5.07. The van der Waals surface area contributed by atoms with Crippen molar-refractivity contribution in [3.8, 4) is 0 Å². The highest BCUT2D eigenvalue weighted by Gasteiger charge is 2.24. The Morgan fingerprint density at radius 2 is 2.03 bits per heavy atom. The van der Waals surface area contributed by atoms with E-state index in [1.54, 1.807) is 18.2 Å². The van der Waals surface area contributed by atoms with Crippen molar-refractivity contribution in [1.82, 2.24) is 25.0 Å². The quantitative estimate of drug-likeness (QED) is 0.476. The van der Waals surface area contributed by atoms with Crippen LogP contribution in [0.1, 0.15) is 42.7 Å². The second-order valence-electron chi connectivity index (χ2n) is 7.15. The molecule has 1 fully saturated rings. The van der Waals surface area contributed by atoms with Gasteiger partial charge in [-0.25, -0.2) is 4.68 Å². The van der Waals surface area contributed by atoms with Crippen molar-refractivity contribution in [1.29, 1.82) is 0 Å². The van der Waals surface area contributed by atoms with Gasteiger partial charge in [-0.1, -0.05) is 18.9 Å². The number of nitrogens with zero attached hydrogens (tertiary/aromatic N) is 5. The van der Waals surface area contributed by atoms with E-state index in [2.05, 4.69) is 30.9 Å². The van der Waals surface area contributed by atoms with E-state index < -0.39 is 12.5 Å². The predicted molar refractivity (Wildman–Crippen MR) is 106 cm³/mol. The fourth-order valence-corrected chi connectivity index (χ4v) is 3.54. The number of halogens is 2. The minimum absolute atomic E-state index is 0.0134. The molecule has 30 heavy (non-hydrogen) atoms. The number of anilines is 3. The molecule has 2 aromatic heterocycles. The number of carbonyl (C=O) groups is 1. The summed E-state index contributed by atoms with van der Waals surface area (Å²) in [4.78, 5) is 16.1. The maximum Gasteiger partial charge on any atom is 0.333 e. The average Bonchev–Trinajstić information content (AvgIpc) is 3.16. The largest absolute Gasteiger partial charge is 0.364 e. The lowest BCUT2D eigenvalue weighted by Crippen LogP contribution is -2.43. The molecule has 0 saturated heterocycles. The number of aromatic nitrogens is 5. The lowest BCUT2D eigenvalue weighted by Gasteiger charge is -2.29. The van der Waals surface area contributed by atoms with Gasteiger partial charge in [-0.2, -0.15) is 18.9 Å². The number of alkyl halides is 2. The monoisotopic (exact) mass is 417 g/mol. The number of hydrogen-bond donors (Lipinski definition) is 4. The third-order valence-corrected chi connectivity index (χ3v) is 5.07. The van der Waals surface area contributed by atoms with Crippen LogP contribution in [0.15, 0.2) is 24.4 Å². The molecule has 0 aliphatic heterocycles. The van der Waals surface area contributed by atoms with Crippen LogP contribution in [0.25, 0.3) is 10.9 Å². The molecule has 0 bridgehead atoms. The van der Waals surface area contributed by atoms with E-state index in [4.69, 9.17) is 11.5 Å². The van der Waals surface area contributed by atoms with Crippen molar-refractivity contribution in [2.45, 2.75) is 44.3 Å². The number of benzene rings is 1. The average molecular weight is 417 g/mol. The SMILES string of the molecule is NC(=O)c1nnc(N[C@@H]2CCCC[C@@H]2N)nc1Nc1cccc2nn(C(F)F)cc12. The molecule has 158 valence electrons. The van der Waals surface area contributed by atoms with E-state index in [1.165, 1.54) is 6.20 Å². The van der Waals surface area contributed by atoms with Gasteiger partial charge in [0.1, 0.15) is 0 Å². The second kappa shape index (κ2) is 8.14. The first-order chi connectivity index (χ1) is 14.4. The van der Waals surface area contributed by atoms with Crippen molar-refractivity contribution in [3.05, 3.63) is 30.1 Å². The van der Waals surface area contributed by atoms with Crippen LogP contribution in [-0.4, -0.2) is 43.0 Å². The maximum absolute atomic E-state index is 13.0. The van der Waals surface area contributed by atoms with E-state index in [1.807, 2.05) is 0 Å². The molecule has 0 radical (unpaired) electrons. The zero-order valence-corrected chi connectivity index (χ0v) is 15.9. The van der Waals surface area contributed by atoms with Gasteiger partial charge in [-0.15, -0.1) is 10.2 Å². The molecule has 4 rings (SSSR count). The number of nitrogens with one attached hydrogen (secondary N) is 2. The van der Waals surface area contributed by atoms with Gasteiger partial charge in [-0.3, -0.25) is 4.79 Å². The Morgan fingerprint density at radius 1 is 1.23 bits per heavy atom. The van der Waals surface area contributed by atoms with Crippen molar-refractivity contribution in [3.63, 3.8) is 0 Å². The smallest absolute Gasteiger partial charge is 0.333 e. The molecule has 1 aromatic carbocycles. The fraction of sp³-hybridized carbons (Fsp3) is 0.389. The number of nitrogens with two attached hydrogens (primary N) is 2.